The summed E-state index contributed by atoms with van der Waals surface area (Å²) < 4.78 is 0. The number of aryl methyl sites for hydroxylation is 1. The van der Waals surface area contributed by atoms with E-state index in [4.69, 9.17) is 0 Å². The monoisotopic (exact) mass is 233 g/mol. The minimum atomic E-state index is -0.250. The summed E-state index contributed by atoms with van der Waals surface area (Å²) >= 11 is 0. The van der Waals surface area contributed by atoms with Crippen LogP contribution in [0.3, 0.4) is 0 Å². The first kappa shape index (κ1) is 13.9. The third kappa shape index (κ3) is 4.31. The van der Waals surface area contributed by atoms with E-state index in [2.05, 4.69) is 24.0 Å². The molecule has 0 atom stereocenters. The molecule has 0 aromatic heterocycles. The van der Waals surface area contributed by atoms with Crippen molar-refractivity contribution in [1.82, 2.24) is 4.90 Å². The van der Waals surface area contributed by atoms with E-state index in [9.17, 15) is 4.79 Å². The van der Waals surface area contributed by atoms with Crippen molar-refractivity contribution >= 4 is 5.78 Å². The highest BCUT2D eigenvalue weighted by atomic mass is 16.1. The number of benzene rings is 1. The van der Waals surface area contributed by atoms with E-state index in [1.165, 1.54) is 11.1 Å². The summed E-state index contributed by atoms with van der Waals surface area (Å²) in [6, 6.07) is 8.31. The molecule has 0 unspecified atom stereocenters. The molecule has 0 fully saturated rings. The molecule has 2 heteroatoms. The topological polar surface area (TPSA) is 20.3 Å². The zero-order chi connectivity index (χ0) is 13.1. The van der Waals surface area contributed by atoms with Gasteiger partial charge in [0.1, 0.15) is 0 Å². The van der Waals surface area contributed by atoms with E-state index in [0.29, 0.717) is 6.54 Å². The highest BCUT2D eigenvalue weighted by Crippen LogP contribution is 2.16. The molecule has 0 saturated carbocycles. The Morgan fingerprint density at radius 1 is 1.24 bits per heavy atom. The Balaban J connectivity index is 2.59. The van der Waals surface area contributed by atoms with E-state index in [0.717, 1.165) is 6.54 Å². The summed E-state index contributed by atoms with van der Waals surface area (Å²) in [5, 5.41) is 0. The van der Waals surface area contributed by atoms with Gasteiger partial charge in [-0.25, -0.2) is 0 Å². The van der Waals surface area contributed by atoms with Crippen LogP contribution in [0.25, 0.3) is 0 Å². The predicted molar refractivity (Wildman–Crippen MR) is 72.0 cm³/mol. The van der Waals surface area contributed by atoms with Crippen molar-refractivity contribution in [3.8, 4) is 0 Å². The summed E-state index contributed by atoms with van der Waals surface area (Å²) in [4.78, 5) is 14.0. The number of Topliss-reactive ketones (excluding diaryl/α,β-unsaturated/α-hetero) is 1. The van der Waals surface area contributed by atoms with Gasteiger partial charge in [0.15, 0.2) is 5.78 Å². The standard InChI is InChI=1S/C15H23NO/c1-12-8-6-7-9-13(12)10-16(5)11-14(17)15(2,3)4/h6-9H,10-11H2,1-5H3. The van der Waals surface area contributed by atoms with Gasteiger partial charge < -0.3 is 0 Å². The van der Waals surface area contributed by atoms with Gasteiger partial charge in [0.25, 0.3) is 0 Å². The lowest BCUT2D eigenvalue weighted by Crippen LogP contribution is -2.33. The van der Waals surface area contributed by atoms with E-state index in [1.54, 1.807) is 0 Å². The quantitative estimate of drug-likeness (QED) is 0.796. The minimum Gasteiger partial charge on any atom is -0.298 e. The number of ketones is 1. The second-order valence-electron chi connectivity index (χ2n) is 5.77. The molecule has 0 saturated heterocycles. The van der Waals surface area contributed by atoms with Gasteiger partial charge in [0, 0.05) is 12.0 Å². The van der Waals surface area contributed by atoms with Gasteiger partial charge in [-0.15, -0.1) is 0 Å². The van der Waals surface area contributed by atoms with E-state index in [1.807, 2.05) is 40.0 Å². The fraction of sp³-hybridized carbons (Fsp3) is 0.533. The first-order chi connectivity index (χ1) is 7.80. The van der Waals surface area contributed by atoms with Crippen molar-refractivity contribution in [3.63, 3.8) is 0 Å². The first-order valence-electron chi connectivity index (χ1n) is 6.07. The van der Waals surface area contributed by atoms with Crippen LogP contribution in [0.15, 0.2) is 24.3 Å². The van der Waals surface area contributed by atoms with Crippen LogP contribution in [-0.4, -0.2) is 24.3 Å². The maximum Gasteiger partial charge on any atom is 0.152 e. The molecule has 0 spiro atoms. The zero-order valence-electron chi connectivity index (χ0n) is 11.6. The van der Waals surface area contributed by atoms with Gasteiger partial charge >= 0.3 is 0 Å². The molecular weight excluding hydrogens is 210 g/mol. The predicted octanol–water partition coefficient (Wildman–Crippen LogP) is 3.04. The van der Waals surface area contributed by atoms with Gasteiger partial charge in [-0.1, -0.05) is 45.0 Å². The van der Waals surface area contributed by atoms with Crippen molar-refractivity contribution in [1.29, 1.82) is 0 Å². The van der Waals surface area contributed by atoms with E-state index in [-0.39, 0.29) is 11.2 Å². The molecule has 0 radical (unpaired) electrons. The highest BCUT2D eigenvalue weighted by Gasteiger charge is 2.22. The average molecular weight is 233 g/mol. The maximum atomic E-state index is 11.9. The number of carbonyl (C=O) groups excluding carboxylic acids is 1. The molecular formula is C15H23NO. The largest absolute Gasteiger partial charge is 0.298 e. The number of nitrogens with zero attached hydrogens (tertiary/aromatic N) is 1. The lowest BCUT2D eigenvalue weighted by atomic mass is 9.90. The third-order valence-corrected chi connectivity index (χ3v) is 2.95. The summed E-state index contributed by atoms with van der Waals surface area (Å²) in [6.07, 6.45) is 0. The smallest absolute Gasteiger partial charge is 0.152 e. The molecule has 1 aromatic rings. The third-order valence-electron chi connectivity index (χ3n) is 2.95. The Kier molecular flexibility index (Phi) is 4.47. The van der Waals surface area contributed by atoms with Crippen LogP contribution in [0.1, 0.15) is 31.9 Å². The van der Waals surface area contributed by atoms with Gasteiger partial charge in [0.05, 0.1) is 6.54 Å². The number of hydrogen-bond acceptors (Lipinski definition) is 2. The molecule has 0 N–H and O–H groups in total. The fourth-order valence-electron chi connectivity index (χ4n) is 1.62. The Labute approximate surface area is 105 Å². The van der Waals surface area contributed by atoms with Gasteiger partial charge in [0.2, 0.25) is 0 Å². The van der Waals surface area contributed by atoms with Crippen LogP contribution in [-0.2, 0) is 11.3 Å². The molecule has 0 aliphatic rings. The molecule has 0 amide bonds. The molecule has 0 aliphatic carbocycles. The molecule has 0 aliphatic heterocycles. The Hall–Kier alpha value is -1.15. The molecule has 0 heterocycles. The summed E-state index contributed by atoms with van der Waals surface area (Å²) in [7, 11) is 2.00. The zero-order valence-corrected chi connectivity index (χ0v) is 11.6. The molecule has 2 nitrogen and oxygen atoms in total. The van der Waals surface area contributed by atoms with Crippen molar-refractivity contribution in [2.75, 3.05) is 13.6 Å². The Morgan fingerprint density at radius 3 is 2.35 bits per heavy atom. The van der Waals surface area contributed by atoms with Crippen molar-refractivity contribution in [2.24, 2.45) is 5.41 Å². The maximum absolute atomic E-state index is 11.9. The SMILES string of the molecule is Cc1ccccc1CN(C)CC(=O)C(C)(C)C. The van der Waals surface area contributed by atoms with Crippen LogP contribution >= 0.6 is 0 Å². The van der Waals surface area contributed by atoms with Crippen molar-refractivity contribution < 1.29 is 4.79 Å². The van der Waals surface area contributed by atoms with Crippen molar-refractivity contribution in [3.05, 3.63) is 35.4 Å². The van der Waals surface area contributed by atoms with E-state index < -0.39 is 0 Å². The van der Waals surface area contributed by atoms with Crippen LogP contribution in [0.2, 0.25) is 0 Å². The summed E-state index contributed by atoms with van der Waals surface area (Å²) in [6.45, 7) is 9.35. The minimum absolute atomic E-state index is 0.250. The van der Waals surface area contributed by atoms with Gasteiger partial charge in [-0.05, 0) is 25.1 Å². The number of carbonyl (C=O) groups is 1. The molecule has 0 bridgehead atoms. The second-order valence-corrected chi connectivity index (χ2v) is 5.77. The normalized spacial score (nSPS) is 11.9. The molecule has 17 heavy (non-hydrogen) atoms. The Morgan fingerprint density at radius 2 is 1.82 bits per heavy atom. The van der Waals surface area contributed by atoms with Crippen molar-refractivity contribution in [2.45, 2.75) is 34.2 Å². The van der Waals surface area contributed by atoms with Crippen LogP contribution < -0.4 is 0 Å². The molecule has 1 rings (SSSR count). The second kappa shape index (κ2) is 5.46. The highest BCUT2D eigenvalue weighted by molar-refractivity contribution is 5.85. The summed E-state index contributed by atoms with van der Waals surface area (Å²) in [5.41, 5.74) is 2.32. The lowest BCUT2D eigenvalue weighted by molar-refractivity contribution is -0.127. The fourth-order valence-corrected chi connectivity index (χ4v) is 1.62. The summed E-state index contributed by atoms with van der Waals surface area (Å²) in [5.74, 6) is 0.286. The molecule has 94 valence electrons. The van der Waals surface area contributed by atoms with Crippen LogP contribution in [0.5, 0.6) is 0 Å². The number of likely N-dealkylation sites (N-methyl/N-ethyl adjacent to an activating group) is 1. The number of rotatable bonds is 4. The lowest BCUT2D eigenvalue weighted by Gasteiger charge is -2.22. The molecule has 1 aromatic carbocycles. The van der Waals surface area contributed by atoms with E-state index >= 15 is 0 Å². The van der Waals surface area contributed by atoms with Crippen LogP contribution in [0, 0.1) is 12.3 Å². The number of hydrogen-bond donors (Lipinski definition) is 0. The average Bonchev–Trinajstić information content (AvgIpc) is 2.20. The van der Waals surface area contributed by atoms with Gasteiger partial charge in [-0.2, -0.15) is 0 Å². The van der Waals surface area contributed by atoms with Gasteiger partial charge in [-0.3, -0.25) is 9.69 Å². The van der Waals surface area contributed by atoms with Crippen LogP contribution in [0.4, 0.5) is 0 Å². The first-order valence-corrected chi connectivity index (χ1v) is 6.07. The Bertz CT molecular complexity index is 390.